The van der Waals surface area contributed by atoms with Gasteiger partial charge in [0.05, 0.1) is 5.02 Å². The monoisotopic (exact) mass is 439 g/mol. The van der Waals surface area contributed by atoms with Crippen LogP contribution in [-0.2, 0) is 4.79 Å². The molecule has 7 nitrogen and oxygen atoms in total. The first-order valence-corrected chi connectivity index (χ1v) is 11.1. The summed E-state index contributed by atoms with van der Waals surface area (Å²) < 4.78 is 5.96. The van der Waals surface area contributed by atoms with Crippen molar-refractivity contribution in [3.8, 4) is 11.9 Å². The van der Waals surface area contributed by atoms with Gasteiger partial charge in [-0.05, 0) is 44.4 Å². The Balaban J connectivity index is 1.27. The number of amides is 1. The van der Waals surface area contributed by atoms with Gasteiger partial charge >= 0.3 is 0 Å². The average Bonchev–Trinajstić information content (AvgIpc) is 3.31. The molecule has 2 aliphatic rings. The Morgan fingerprint density at radius 2 is 2.03 bits per heavy atom. The molecule has 8 heteroatoms. The van der Waals surface area contributed by atoms with E-state index in [9.17, 15) is 4.79 Å². The summed E-state index contributed by atoms with van der Waals surface area (Å²) in [6.45, 7) is 5.08. The summed E-state index contributed by atoms with van der Waals surface area (Å²) in [5, 5.41) is 9.63. The molecule has 0 aliphatic carbocycles. The molecule has 0 spiro atoms. The summed E-state index contributed by atoms with van der Waals surface area (Å²) in [7, 11) is 0. The van der Waals surface area contributed by atoms with E-state index in [4.69, 9.17) is 21.6 Å². The van der Waals surface area contributed by atoms with Crippen LogP contribution in [0.1, 0.15) is 31.9 Å². The maximum atomic E-state index is 13.1. The highest BCUT2D eigenvalue weighted by Crippen LogP contribution is 2.28. The van der Waals surface area contributed by atoms with E-state index in [0.717, 1.165) is 51.3 Å². The van der Waals surface area contributed by atoms with Crippen molar-refractivity contribution in [1.82, 2.24) is 14.9 Å². The summed E-state index contributed by atoms with van der Waals surface area (Å²) in [6.07, 6.45) is 4.10. The van der Waals surface area contributed by atoms with Crippen LogP contribution in [0.5, 0.6) is 5.88 Å². The lowest BCUT2D eigenvalue weighted by Gasteiger charge is -2.34. The first kappa shape index (κ1) is 21.4. The van der Waals surface area contributed by atoms with Crippen molar-refractivity contribution < 1.29 is 9.53 Å². The summed E-state index contributed by atoms with van der Waals surface area (Å²) in [4.78, 5) is 25.8. The fraction of sp³-hybridized carbons (Fsp3) is 0.478. The zero-order valence-electron chi connectivity index (χ0n) is 17.6. The molecule has 1 amide bonds. The third kappa shape index (κ3) is 5.08. The predicted octanol–water partition coefficient (Wildman–Crippen LogP) is 3.53. The number of hydrogen-bond acceptors (Lipinski definition) is 6. The van der Waals surface area contributed by atoms with Gasteiger partial charge in [-0.15, -0.1) is 0 Å². The van der Waals surface area contributed by atoms with E-state index in [2.05, 4.69) is 20.9 Å². The predicted molar refractivity (Wildman–Crippen MR) is 118 cm³/mol. The van der Waals surface area contributed by atoms with Crippen LogP contribution in [0.4, 0.5) is 5.82 Å². The van der Waals surface area contributed by atoms with E-state index in [1.54, 1.807) is 24.4 Å². The number of rotatable bonds is 5. The largest absolute Gasteiger partial charge is 0.474 e. The second-order valence-corrected chi connectivity index (χ2v) is 8.66. The van der Waals surface area contributed by atoms with Crippen LogP contribution in [0.2, 0.25) is 5.02 Å². The van der Waals surface area contributed by atoms with E-state index in [-0.39, 0.29) is 17.9 Å². The van der Waals surface area contributed by atoms with E-state index < -0.39 is 0 Å². The quantitative estimate of drug-likeness (QED) is 0.708. The van der Waals surface area contributed by atoms with Gasteiger partial charge in [-0.25, -0.2) is 9.97 Å². The molecule has 0 radical (unpaired) electrons. The van der Waals surface area contributed by atoms with Crippen LogP contribution in [0, 0.1) is 23.2 Å². The zero-order chi connectivity index (χ0) is 21.8. The molecule has 0 aromatic carbocycles. The topological polar surface area (TPSA) is 82.4 Å². The second-order valence-electron chi connectivity index (χ2n) is 8.22. The molecule has 162 valence electrons. The number of anilines is 1. The lowest BCUT2D eigenvalue weighted by Crippen LogP contribution is -2.42. The first-order valence-electron chi connectivity index (χ1n) is 10.7. The molecular formula is C23H26ClN5O2. The molecule has 0 N–H and O–H groups in total. The molecule has 2 atom stereocenters. The zero-order valence-corrected chi connectivity index (χ0v) is 18.3. The summed E-state index contributed by atoms with van der Waals surface area (Å²) in [6, 6.07) is 11.1. The van der Waals surface area contributed by atoms with Gasteiger partial charge in [-0.2, -0.15) is 5.26 Å². The van der Waals surface area contributed by atoms with Gasteiger partial charge in [0, 0.05) is 50.3 Å². The number of pyridine rings is 2. The number of piperidine rings is 1. The van der Waals surface area contributed by atoms with Crippen LogP contribution in [0.15, 0.2) is 36.5 Å². The first-order chi connectivity index (χ1) is 15.0. The van der Waals surface area contributed by atoms with Crippen molar-refractivity contribution in [2.45, 2.75) is 32.3 Å². The smallest absolute Gasteiger partial charge is 0.225 e. The maximum Gasteiger partial charge on any atom is 0.225 e. The second kappa shape index (κ2) is 9.52. The fourth-order valence-corrected chi connectivity index (χ4v) is 4.48. The molecule has 31 heavy (non-hydrogen) atoms. The van der Waals surface area contributed by atoms with Crippen molar-refractivity contribution in [1.29, 1.82) is 5.26 Å². The Kier molecular flexibility index (Phi) is 6.57. The minimum absolute atomic E-state index is 0.0215. The van der Waals surface area contributed by atoms with Crippen LogP contribution < -0.4 is 9.64 Å². The normalized spacial score (nSPS) is 20.4. The summed E-state index contributed by atoms with van der Waals surface area (Å²) in [5.74, 6) is 1.96. The van der Waals surface area contributed by atoms with Crippen LogP contribution in [0.3, 0.4) is 0 Å². The fourth-order valence-electron chi connectivity index (χ4n) is 4.36. The van der Waals surface area contributed by atoms with Crippen molar-refractivity contribution >= 4 is 23.3 Å². The van der Waals surface area contributed by atoms with Crippen molar-refractivity contribution in [3.63, 3.8) is 0 Å². The van der Waals surface area contributed by atoms with Gasteiger partial charge < -0.3 is 14.5 Å². The van der Waals surface area contributed by atoms with Crippen molar-refractivity contribution in [2.24, 2.45) is 11.8 Å². The minimum Gasteiger partial charge on any atom is -0.474 e. The highest BCUT2D eigenvalue weighted by Gasteiger charge is 2.35. The number of carbonyl (C=O) groups is 1. The van der Waals surface area contributed by atoms with Crippen molar-refractivity contribution in [2.75, 3.05) is 31.1 Å². The Labute approximate surface area is 187 Å². The van der Waals surface area contributed by atoms with E-state index in [1.165, 1.54) is 0 Å². The molecule has 0 unspecified atom stereocenters. The number of nitriles is 1. The van der Waals surface area contributed by atoms with Gasteiger partial charge in [0.1, 0.15) is 23.7 Å². The molecule has 0 bridgehead atoms. The Bertz CT molecular complexity index is 953. The Morgan fingerprint density at radius 1 is 1.23 bits per heavy atom. The molecular weight excluding hydrogens is 414 g/mol. The SMILES string of the molecule is C[C@H](Oc1ccc(Cl)cn1)[C@@H]1CCN(C(=O)C2CCN(c3cccc(C#N)n3)CC2)C1. The lowest BCUT2D eigenvalue weighted by molar-refractivity contribution is -0.135. The van der Waals surface area contributed by atoms with Crippen LogP contribution in [0.25, 0.3) is 0 Å². The maximum absolute atomic E-state index is 13.1. The minimum atomic E-state index is -0.0215. The third-order valence-corrected chi connectivity index (χ3v) is 6.45. The third-order valence-electron chi connectivity index (χ3n) is 6.22. The molecule has 0 saturated carbocycles. The number of nitrogens with zero attached hydrogens (tertiary/aromatic N) is 5. The lowest BCUT2D eigenvalue weighted by atomic mass is 9.95. The Morgan fingerprint density at radius 3 is 2.74 bits per heavy atom. The average molecular weight is 440 g/mol. The number of likely N-dealkylation sites (tertiary alicyclic amines) is 1. The van der Waals surface area contributed by atoms with Gasteiger partial charge in [0.2, 0.25) is 11.8 Å². The van der Waals surface area contributed by atoms with Gasteiger partial charge in [-0.3, -0.25) is 4.79 Å². The van der Waals surface area contributed by atoms with Gasteiger partial charge in [-0.1, -0.05) is 17.7 Å². The summed E-state index contributed by atoms with van der Waals surface area (Å²) >= 11 is 5.88. The molecule has 2 fully saturated rings. The highest BCUT2D eigenvalue weighted by molar-refractivity contribution is 6.30. The highest BCUT2D eigenvalue weighted by atomic mass is 35.5. The molecule has 2 aromatic heterocycles. The number of carbonyl (C=O) groups excluding carboxylic acids is 1. The van der Waals surface area contributed by atoms with E-state index in [1.807, 2.05) is 24.0 Å². The number of ether oxygens (including phenoxy) is 1. The van der Waals surface area contributed by atoms with E-state index >= 15 is 0 Å². The molecule has 2 aliphatic heterocycles. The number of hydrogen-bond donors (Lipinski definition) is 0. The van der Waals surface area contributed by atoms with E-state index in [0.29, 0.717) is 22.5 Å². The number of halogens is 1. The number of aromatic nitrogens is 2. The summed E-state index contributed by atoms with van der Waals surface area (Å²) in [5.41, 5.74) is 0.420. The molecule has 2 saturated heterocycles. The molecule has 4 heterocycles. The molecule has 2 aromatic rings. The molecule has 4 rings (SSSR count). The van der Waals surface area contributed by atoms with Crippen LogP contribution >= 0.6 is 11.6 Å². The van der Waals surface area contributed by atoms with Crippen molar-refractivity contribution in [3.05, 3.63) is 47.2 Å². The van der Waals surface area contributed by atoms with Gasteiger partial charge in [0.15, 0.2) is 0 Å². The standard InChI is InChI=1S/C23H26ClN5O2/c1-16(31-22-6-5-19(24)14-26-22)18-9-12-29(15-18)23(30)17-7-10-28(11-8-17)21-4-2-3-20(13-25)27-21/h2-6,14,16-18H,7-12,15H2,1H3/t16-,18+/m0/s1. The Hall–Kier alpha value is -2.85. The van der Waals surface area contributed by atoms with Gasteiger partial charge in [0.25, 0.3) is 0 Å². The van der Waals surface area contributed by atoms with Crippen LogP contribution in [-0.4, -0.2) is 53.1 Å².